The second kappa shape index (κ2) is 9.87. The van der Waals surface area contributed by atoms with Crippen molar-refractivity contribution >= 4 is 29.7 Å². The van der Waals surface area contributed by atoms with Gasteiger partial charge in [0.1, 0.15) is 18.7 Å². The van der Waals surface area contributed by atoms with Crippen molar-refractivity contribution in [1.29, 1.82) is 0 Å². The molecule has 2 amide bonds. The Morgan fingerprint density at radius 2 is 1.73 bits per heavy atom. The summed E-state index contributed by atoms with van der Waals surface area (Å²) >= 11 is 1.40. The Labute approximate surface area is 197 Å². The number of carbonyl (C=O) groups is 3. The lowest BCUT2D eigenvalue weighted by Crippen LogP contribution is -2.54. The van der Waals surface area contributed by atoms with Crippen molar-refractivity contribution < 1.29 is 24.2 Å². The predicted molar refractivity (Wildman–Crippen MR) is 127 cm³/mol. The van der Waals surface area contributed by atoms with Crippen LogP contribution in [0.1, 0.15) is 37.3 Å². The third-order valence-electron chi connectivity index (χ3n) is 6.55. The molecular weight excluding hydrogens is 440 g/mol. The van der Waals surface area contributed by atoms with E-state index < -0.39 is 24.1 Å². The number of carboxylic acids is 1. The number of alkyl carbamates (subject to hydrolysis) is 1. The number of nitrogens with one attached hydrogen (secondary N) is 1. The Balaban J connectivity index is 1.46. The minimum atomic E-state index is -1.03. The fourth-order valence-corrected chi connectivity index (χ4v) is 5.65. The number of nitrogens with zero attached hydrogens (tertiary/aromatic N) is 1. The van der Waals surface area contributed by atoms with E-state index in [0.717, 1.165) is 22.3 Å². The minimum Gasteiger partial charge on any atom is -0.480 e. The van der Waals surface area contributed by atoms with Gasteiger partial charge < -0.3 is 20.1 Å². The molecule has 7 nitrogen and oxygen atoms in total. The van der Waals surface area contributed by atoms with E-state index in [1.165, 1.54) is 16.7 Å². The zero-order chi connectivity index (χ0) is 23.5. The fraction of sp³-hybridized carbons (Fsp3) is 0.400. The zero-order valence-corrected chi connectivity index (χ0v) is 19.5. The quantitative estimate of drug-likeness (QED) is 0.639. The molecule has 8 heteroatoms. The molecule has 3 atom stereocenters. The second-order valence-electron chi connectivity index (χ2n) is 8.50. The molecule has 3 unspecified atom stereocenters. The summed E-state index contributed by atoms with van der Waals surface area (Å²) in [6, 6.07) is 14.4. The summed E-state index contributed by atoms with van der Waals surface area (Å²) in [5.41, 5.74) is 4.50. The number of ether oxygens (including phenoxy) is 1. The van der Waals surface area contributed by atoms with E-state index in [0.29, 0.717) is 18.1 Å². The molecule has 2 aromatic carbocycles. The highest BCUT2D eigenvalue weighted by atomic mass is 32.2. The van der Waals surface area contributed by atoms with Crippen LogP contribution in [0.25, 0.3) is 11.1 Å². The van der Waals surface area contributed by atoms with E-state index in [9.17, 15) is 19.5 Å². The number of hydrogen-bond acceptors (Lipinski definition) is 5. The molecular formula is C25H28N2O5S. The average molecular weight is 469 g/mol. The van der Waals surface area contributed by atoms with Crippen LogP contribution in [-0.2, 0) is 14.3 Å². The van der Waals surface area contributed by atoms with Gasteiger partial charge in [0.05, 0.1) is 5.88 Å². The van der Waals surface area contributed by atoms with Crippen LogP contribution >= 0.6 is 11.8 Å². The molecule has 0 saturated carbocycles. The monoisotopic (exact) mass is 468 g/mol. The van der Waals surface area contributed by atoms with Gasteiger partial charge in [-0.2, -0.15) is 0 Å². The fourth-order valence-electron chi connectivity index (χ4n) is 4.49. The number of benzene rings is 2. The first kappa shape index (κ1) is 23.2. The van der Waals surface area contributed by atoms with Gasteiger partial charge in [-0.05, 0) is 28.2 Å². The van der Waals surface area contributed by atoms with E-state index in [1.807, 2.05) is 50.2 Å². The van der Waals surface area contributed by atoms with Crippen molar-refractivity contribution in [2.24, 2.45) is 5.92 Å². The summed E-state index contributed by atoms with van der Waals surface area (Å²) in [4.78, 5) is 38.8. The molecule has 1 aliphatic heterocycles. The smallest absolute Gasteiger partial charge is 0.407 e. The molecule has 2 aliphatic rings. The van der Waals surface area contributed by atoms with Crippen molar-refractivity contribution in [2.45, 2.75) is 38.3 Å². The number of aliphatic carboxylic acids is 1. The highest BCUT2D eigenvalue weighted by Gasteiger charge is 2.40. The highest BCUT2D eigenvalue weighted by Crippen LogP contribution is 2.44. The van der Waals surface area contributed by atoms with Crippen molar-refractivity contribution in [1.82, 2.24) is 10.2 Å². The number of thioether (sulfide) groups is 1. The number of carboxylic acid groups (broad SMARTS) is 1. The van der Waals surface area contributed by atoms with Gasteiger partial charge in [0, 0.05) is 11.7 Å². The first-order chi connectivity index (χ1) is 15.9. The molecule has 174 valence electrons. The van der Waals surface area contributed by atoms with E-state index in [4.69, 9.17) is 4.74 Å². The van der Waals surface area contributed by atoms with Crippen molar-refractivity contribution in [3.8, 4) is 11.1 Å². The summed E-state index contributed by atoms with van der Waals surface area (Å²) in [6.07, 6.45) is -0.0204. The first-order valence-corrected chi connectivity index (χ1v) is 12.3. The third-order valence-corrected chi connectivity index (χ3v) is 7.56. The number of amides is 2. The van der Waals surface area contributed by atoms with Gasteiger partial charge in [-0.25, -0.2) is 9.59 Å². The van der Waals surface area contributed by atoms with Crippen LogP contribution in [0.4, 0.5) is 4.79 Å². The second-order valence-corrected chi connectivity index (χ2v) is 9.49. The predicted octanol–water partition coefficient (Wildman–Crippen LogP) is 3.93. The van der Waals surface area contributed by atoms with E-state index in [-0.39, 0.29) is 24.3 Å². The van der Waals surface area contributed by atoms with Crippen LogP contribution in [-0.4, -0.2) is 58.3 Å². The highest BCUT2D eigenvalue weighted by molar-refractivity contribution is 7.99. The summed E-state index contributed by atoms with van der Waals surface area (Å²) in [6.45, 7) is 3.95. The Hall–Kier alpha value is -3.00. The number of rotatable bonds is 7. The van der Waals surface area contributed by atoms with Crippen molar-refractivity contribution in [3.63, 3.8) is 0 Å². The standard InChI is InChI=1S/C25H28N2O5S/c1-3-15(2)22(23(28)27-14-33-13-21(27)24(29)30)26-25(31)32-12-20-18-10-6-4-8-16(18)17-9-5-7-11-19(17)20/h4-11,15,20-22H,3,12-14H2,1-2H3,(H,26,31)(H,29,30). The Morgan fingerprint density at radius 3 is 2.30 bits per heavy atom. The number of hydrogen-bond donors (Lipinski definition) is 2. The average Bonchev–Trinajstić information content (AvgIpc) is 3.44. The van der Waals surface area contributed by atoms with E-state index >= 15 is 0 Å². The molecule has 1 heterocycles. The maximum absolute atomic E-state index is 13.2. The van der Waals surface area contributed by atoms with Crippen LogP contribution < -0.4 is 5.32 Å². The number of fused-ring (bicyclic) bond motifs is 3. The molecule has 0 spiro atoms. The lowest BCUT2D eigenvalue weighted by molar-refractivity contribution is -0.149. The molecule has 1 aliphatic carbocycles. The molecule has 4 rings (SSSR count). The summed E-state index contributed by atoms with van der Waals surface area (Å²) in [7, 11) is 0. The Kier molecular flexibility index (Phi) is 6.93. The van der Waals surface area contributed by atoms with Crippen molar-refractivity contribution in [2.75, 3.05) is 18.2 Å². The van der Waals surface area contributed by atoms with Crippen LogP contribution in [0, 0.1) is 5.92 Å². The molecule has 0 radical (unpaired) electrons. The molecule has 2 N–H and O–H groups in total. The van der Waals surface area contributed by atoms with Crippen LogP contribution in [0.15, 0.2) is 48.5 Å². The van der Waals surface area contributed by atoms with E-state index in [1.54, 1.807) is 0 Å². The van der Waals surface area contributed by atoms with Crippen LogP contribution in [0.2, 0.25) is 0 Å². The minimum absolute atomic E-state index is 0.0766. The van der Waals surface area contributed by atoms with Crippen molar-refractivity contribution in [3.05, 3.63) is 59.7 Å². The topological polar surface area (TPSA) is 95.9 Å². The van der Waals surface area contributed by atoms with Gasteiger partial charge >= 0.3 is 12.1 Å². The zero-order valence-electron chi connectivity index (χ0n) is 18.7. The van der Waals surface area contributed by atoms with Gasteiger partial charge in [0.2, 0.25) is 5.91 Å². The summed E-state index contributed by atoms with van der Waals surface area (Å²) < 4.78 is 5.61. The Morgan fingerprint density at radius 1 is 1.12 bits per heavy atom. The first-order valence-electron chi connectivity index (χ1n) is 11.1. The van der Waals surface area contributed by atoms with Gasteiger partial charge in [-0.3, -0.25) is 4.79 Å². The SMILES string of the molecule is CCC(C)C(NC(=O)OCC1c2ccccc2-c2ccccc21)C(=O)N1CSCC1C(=O)O. The maximum atomic E-state index is 13.2. The molecule has 0 bridgehead atoms. The van der Waals surface area contributed by atoms with Gasteiger partial charge in [-0.15, -0.1) is 11.8 Å². The van der Waals surface area contributed by atoms with Gasteiger partial charge in [0.15, 0.2) is 0 Å². The summed E-state index contributed by atoms with van der Waals surface area (Å²) in [5, 5.41) is 12.2. The molecule has 2 aromatic rings. The molecule has 0 aromatic heterocycles. The lowest BCUT2D eigenvalue weighted by atomic mass is 9.97. The molecule has 33 heavy (non-hydrogen) atoms. The molecule has 1 fully saturated rings. The molecule has 1 saturated heterocycles. The van der Waals surface area contributed by atoms with Crippen LogP contribution in [0.5, 0.6) is 0 Å². The largest absolute Gasteiger partial charge is 0.480 e. The maximum Gasteiger partial charge on any atom is 0.407 e. The lowest BCUT2D eigenvalue weighted by Gasteiger charge is -2.29. The van der Waals surface area contributed by atoms with Crippen LogP contribution in [0.3, 0.4) is 0 Å². The van der Waals surface area contributed by atoms with Gasteiger partial charge in [-0.1, -0.05) is 68.8 Å². The van der Waals surface area contributed by atoms with Gasteiger partial charge in [0.25, 0.3) is 0 Å². The number of carbonyl (C=O) groups excluding carboxylic acids is 2. The normalized spacial score (nSPS) is 18.8. The summed E-state index contributed by atoms with van der Waals surface area (Å²) in [5.74, 6) is -1.01. The Bertz CT molecular complexity index is 1010. The van der Waals surface area contributed by atoms with E-state index in [2.05, 4.69) is 17.4 Å². The third kappa shape index (κ3) is 4.57.